The van der Waals surface area contributed by atoms with Crippen molar-refractivity contribution in [2.75, 3.05) is 13.2 Å². The first-order valence-electron chi connectivity index (χ1n) is 5.45. The molecule has 0 aliphatic carbocycles. The van der Waals surface area contributed by atoms with Gasteiger partial charge in [-0.3, -0.25) is 4.79 Å². The summed E-state index contributed by atoms with van der Waals surface area (Å²) in [5.41, 5.74) is -1.93. The Bertz CT molecular complexity index is 539. The first kappa shape index (κ1) is 18.8. The van der Waals surface area contributed by atoms with Crippen LogP contribution in [0.2, 0.25) is 0 Å². The van der Waals surface area contributed by atoms with E-state index in [9.17, 15) is 18.3 Å². The predicted molar refractivity (Wildman–Crippen MR) is 75.5 cm³/mol. The molecule has 1 N–H and O–H groups in total. The van der Waals surface area contributed by atoms with E-state index in [1.807, 2.05) is 0 Å². The molecule has 7 nitrogen and oxygen atoms in total. The van der Waals surface area contributed by atoms with Gasteiger partial charge in [-0.15, -0.1) is 0 Å². The third-order valence-electron chi connectivity index (χ3n) is 2.77. The van der Waals surface area contributed by atoms with Gasteiger partial charge in [-0.2, -0.15) is 8.42 Å². The summed E-state index contributed by atoms with van der Waals surface area (Å²) < 4.78 is 35.5. The van der Waals surface area contributed by atoms with E-state index >= 15 is 0 Å². The molecule has 0 saturated carbocycles. The quantitative estimate of drug-likeness (QED) is 0.450. The second-order valence-electron chi connectivity index (χ2n) is 4.77. The van der Waals surface area contributed by atoms with Gasteiger partial charge >= 0.3 is 19.2 Å². The highest BCUT2D eigenvalue weighted by molar-refractivity contribution is 7.93. The fourth-order valence-electron chi connectivity index (χ4n) is 1.34. The standard InChI is InChI=1S/C10H13Cl3O7S/c1-6(20-21(16,17)10(11,12)13)9(7(14)15)4-18-8(2,3)19-5-9/h1,4-5H2,2-3H3,(H,14,15). The Balaban J connectivity index is 3.04. The Morgan fingerprint density at radius 1 is 1.29 bits per heavy atom. The zero-order valence-electron chi connectivity index (χ0n) is 11.1. The average molecular weight is 384 g/mol. The monoisotopic (exact) mass is 382 g/mol. The molecule has 21 heavy (non-hydrogen) atoms. The summed E-state index contributed by atoms with van der Waals surface area (Å²) in [6.07, 6.45) is 0. The molecule has 0 aromatic rings. The molecule has 11 heteroatoms. The van der Waals surface area contributed by atoms with Crippen molar-refractivity contribution in [1.29, 1.82) is 0 Å². The van der Waals surface area contributed by atoms with Gasteiger partial charge in [-0.05, 0) is 13.8 Å². The minimum absolute atomic E-state index is 0.413. The van der Waals surface area contributed by atoms with Gasteiger partial charge in [-0.1, -0.05) is 41.4 Å². The molecule has 122 valence electrons. The Morgan fingerprint density at radius 3 is 2.05 bits per heavy atom. The van der Waals surface area contributed by atoms with Crippen LogP contribution in [0, 0.1) is 5.41 Å². The summed E-state index contributed by atoms with van der Waals surface area (Å²) in [4.78, 5) is 11.5. The van der Waals surface area contributed by atoms with Gasteiger partial charge < -0.3 is 18.8 Å². The highest BCUT2D eigenvalue weighted by Gasteiger charge is 2.52. The fraction of sp³-hybridized carbons (Fsp3) is 0.700. The van der Waals surface area contributed by atoms with E-state index < -0.39 is 49.4 Å². The lowest BCUT2D eigenvalue weighted by Gasteiger charge is -2.40. The van der Waals surface area contributed by atoms with Crippen molar-refractivity contribution < 1.29 is 32.0 Å². The summed E-state index contributed by atoms with van der Waals surface area (Å²) in [5, 5.41) is 9.33. The van der Waals surface area contributed by atoms with Crippen LogP contribution in [-0.2, 0) is 28.6 Å². The molecule has 1 saturated heterocycles. The summed E-state index contributed by atoms with van der Waals surface area (Å²) >= 11 is 15.7. The second-order valence-corrected chi connectivity index (χ2v) is 9.41. The molecule has 1 aliphatic heterocycles. The number of halogens is 3. The van der Waals surface area contributed by atoms with Crippen molar-refractivity contribution in [3.8, 4) is 0 Å². The molecule has 0 spiro atoms. The topological polar surface area (TPSA) is 99.1 Å². The van der Waals surface area contributed by atoms with Crippen LogP contribution < -0.4 is 0 Å². The van der Waals surface area contributed by atoms with E-state index in [2.05, 4.69) is 10.8 Å². The number of carbonyl (C=O) groups is 1. The number of hydrogen-bond acceptors (Lipinski definition) is 6. The van der Waals surface area contributed by atoms with Crippen LogP contribution in [0.15, 0.2) is 12.3 Å². The molecule has 1 rings (SSSR count). The zero-order valence-corrected chi connectivity index (χ0v) is 14.1. The van der Waals surface area contributed by atoms with Crippen LogP contribution in [0.3, 0.4) is 0 Å². The maximum absolute atomic E-state index is 11.6. The SMILES string of the molecule is C=C(OS(=O)(=O)C(Cl)(Cl)Cl)C1(C(=O)O)COC(C)(C)OC1. The molecule has 0 aromatic heterocycles. The van der Waals surface area contributed by atoms with Crippen LogP contribution in [0.4, 0.5) is 0 Å². The van der Waals surface area contributed by atoms with E-state index in [4.69, 9.17) is 44.3 Å². The molecule has 0 bridgehead atoms. The summed E-state index contributed by atoms with van der Waals surface area (Å²) in [7, 11) is -4.72. The van der Waals surface area contributed by atoms with Crippen molar-refractivity contribution in [3.05, 3.63) is 12.3 Å². The maximum atomic E-state index is 11.6. The summed E-state index contributed by atoms with van der Waals surface area (Å²) in [6, 6.07) is 0. The molecule has 0 atom stereocenters. The van der Waals surface area contributed by atoms with Crippen LogP contribution in [-0.4, -0.2) is 41.6 Å². The molecule has 0 amide bonds. The van der Waals surface area contributed by atoms with E-state index in [1.165, 1.54) is 0 Å². The normalized spacial score (nSPS) is 21.6. The lowest BCUT2D eigenvalue weighted by atomic mass is 9.87. The highest BCUT2D eigenvalue weighted by Crippen LogP contribution is 2.41. The first-order chi connectivity index (χ1) is 9.24. The van der Waals surface area contributed by atoms with Crippen molar-refractivity contribution >= 4 is 50.9 Å². The third kappa shape index (κ3) is 3.94. The number of ether oxygens (including phenoxy) is 2. The Kier molecular flexibility index (Phi) is 5.15. The highest BCUT2D eigenvalue weighted by atomic mass is 35.6. The third-order valence-corrected chi connectivity index (χ3v) is 5.46. The Labute approximate surface area is 136 Å². The number of carboxylic acids is 1. The van der Waals surface area contributed by atoms with Crippen molar-refractivity contribution in [2.45, 2.75) is 22.8 Å². The lowest BCUT2D eigenvalue weighted by Crippen LogP contribution is -2.52. The van der Waals surface area contributed by atoms with E-state index in [-0.39, 0.29) is 0 Å². The van der Waals surface area contributed by atoms with Gasteiger partial charge in [0.2, 0.25) is 0 Å². The number of hydrogen-bond donors (Lipinski definition) is 1. The van der Waals surface area contributed by atoms with Crippen LogP contribution in [0.5, 0.6) is 0 Å². The molecule has 0 aromatic carbocycles. The predicted octanol–water partition coefficient (Wildman–Crippen LogP) is 2.03. The van der Waals surface area contributed by atoms with E-state index in [0.717, 1.165) is 0 Å². The summed E-state index contributed by atoms with van der Waals surface area (Å²) in [5.74, 6) is -3.13. The maximum Gasteiger partial charge on any atom is 0.358 e. The average Bonchev–Trinajstić information content (AvgIpc) is 2.26. The van der Waals surface area contributed by atoms with E-state index in [1.54, 1.807) is 13.8 Å². The van der Waals surface area contributed by atoms with Gasteiger partial charge in [0.15, 0.2) is 11.2 Å². The van der Waals surface area contributed by atoms with Crippen molar-refractivity contribution in [3.63, 3.8) is 0 Å². The van der Waals surface area contributed by atoms with Crippen LogP contribution in [0.1, 0.15) is 13.8 Å². The smallest absolute Gasteiger partial charge is 0.358 e. The van der Waals surface area contributed by atoms with Gasteiger partial charge in [0.1, 0.15) is 5.76 Å². The van der Waals surface area contributed by atoms with Crippen LogP contribution in [0.25, 0.3) is 0 Å². The van der Waals surface area contributed by atoms with Crippen molar-refractivity contribution in [1.82, 2.24) is 0 Å². The number of rotatable bonds is 4. The van der Waals surface area contributed by atoms with Crippen molar-refractivity contribution in [2.24, 2.45) is 5.41 Å². The minimum Gasteiger partial charge on any atom is -0.480 e. The molecule has 1 aliphatic rings. The molecular formula is C10H13Cl3O7S. The summed E-state index contributed by atoms with van der Waals surface area (Å²) in [6.45, 7) is 5.61. The fourth-order valence-corrected chi connectivity index (χ4v) is 2.14. The molecule has 0 unspecified atom stereocenters. The van der Waals surface area contributed by atoms with Gasteiger partial charge in [0, 0.05) is 0 Å². The number of carboxylic acid groups (broad SMARTS) is 1. The first-order valence-corrected chi connectivity index (χ1v) is 7.99. The zero-order chi connectivity index (χ0) is 16.7. The minimum atomic E-state index is -4.72. The Morgan fingerprint density at radius 2 is 1.71 bits per heavy atom. The van der Waals surface area contributed by atoms with Gasteiger partial charge in [0.05, 0.1) is 13.2 Å². The molecule has 1 fully saturated rings. The van der Waals surface area contributed by atoms with Gasteiger partial charge in [-0.25, -0.2) is 0 Å². The largest absolute Gasteiger partial charge is 0.480 e. The Hall–Kier alpha value is -0.250. The molecule has 0 radical (unpaired) electrons. The number of aliphatic carboxylic acids is 1. The van der Waals surface area contributed by atoms with Crippen LogP contribution >= 0.6 is 34.8 Å². The molecule has 1 heterocycles. The van der Waals surface area contributed by atoms with E-state index in [0.29, 0.717) is 0 Å². The van der Waals surface area contributed by atoms with Gasteiger partial charge in [0.25, 0.3) is 0 Å². The lowest BCUT2D eigenvalue weighted by molar-refractivity contribution is -0.279. The second kappa shape index (κ2) is 5.75. The number of alkyl halides is 3. The molecular weight excluding hydrogens is 371 g/mol.